The molecule has 74 valence electrons. The lowest BCUT2D eigenvalue weighted by Gasteiger charge is -2.36. The van der Waals surface area contributed by atoms with Gasteiger partial charge in [0.15, 0.2) is 0 Å². The van der Waals surface area contributed by atoms with Gasteiger partial charge in [0.1, 0.15) is 0 Å². The molecule has 0 radical (unpaired) electrons. The summed E-state index contributed by atoms with van der Waals surface area (Å²) >= 11 is 0. The number of rotatable bonds is 6. The van der Waals surface area contributed by atoms with Crippen LogP contribution < -0.4 is 5.32 Å². The first kappa shape index (κ1) is 11.9. The molecule has 0 saturated carbocycles. The quantitative estimate of drug-likeness (QED) is 0.622. The molecule has 2 N–H and O–H groups in total. The van der Waals surface area contributed by atoms with Crippen LogP contribution in [-0.2, 0) is 4.74 Å². The van der Waals surface area contributed by atoms with Gasteiger partial charge in [-0.15, -0.1) is 0 Å². The Balaban J connectivity index is 4.28. The van der Waals surface area contributed by atoms with E-state index in [9.17, 15) is 5.11 Å². The predicted octanol–water partition coefficient (Wildman–Crippen LogP) is 0.629. The molecule has 3 heteroatoms. The maximum absolute atomic E-state index is 9.27. The van der Waals surface area contributed by atoms with E-state index in [-0.39, 0.29) is 12.1 Å². The van der Waals surface area contributed by atoms with E-state index in [1.54, 1.807) is 7.11 Å². The molecule has 0 amide bonds. The van der Waals surface area contributed by atoms with E-state index in [4.69, 9.17) is 4.74 Å². The molecule has 0 aromatic heterocycles. The molecule has 0 aliphatic heterocycles. The molecule has 0 aromatic rings. The Hall–Kier alpha value is -0.120. The minimum atomic E-state index is -0.274. The highest BCUT2D eigenvalue weighted by Gasteiger charge is 2.31. The Morgan fingerprint density at radius 3 is 2.33 bits per heavy atom. The van der Waals surface area contributed by atoms with Gasteiger partial charge >= 0.3 is 0 Å². The molecule has 1 atom stereocenters. The second-order valence-electron chi connectivity index (χ2n) is 3.43. The van der Waals surface area contributed by atoms with E-state index >= 15 is 0 Å². The van der Waals surface area contributed by atoms with Crippen LogP contribution in [0.4, 0.5) is 0 Å². The Labute approximate surface area is 75.1 Å². The van der Waals surface area contributed by atoms with Gasteiger partial charge in [-0.25, -0.2) is 0 Å². The Morgan fingerprint density at radius 2 is 2.08 bits per heavy atom. The summed E-state index contributed by atoms with van der Waals surface area (Å²) in [5.41, 5.74) is -0.274. The van der Waals surface area contributed by atoms with E-state index in [0.29, 0.717) is 12.5 Å². The van der Waals surface area contributed by atoms with Crippen molar-refractivity contribution in [3.05, 3.63) is 0 Å². The number of aliphatic hydroxyl groups excluding tert-OH is 1. The number of aliphatic hydroxyl groups is 1. The van der Waals surface area contributed by atoms with Crippen LogP contribution in [-0.4, -0.2) is 37.5 Å². The lowest BCUT2D eigenvalue weighted by atomic mass is 9.88. The first-order valence-corrected chi connectivity index (χ1v) is 4.47. The third-order valence-electron chi connectivity index (χ3n) is 2.32. The van der Waals surface area contributed by atoms with Gasteiger partial charge in [-0.3, -0.25) is 0 Å². The topological polar surface area (TPSA) is 41.5 Å². The monoisotopic (exact) mass is 175 g/mol. The third-order valence-corrected chi connectivity index (χ3v) is 2.32. The highest BCUT2D eigenvalue weighted by atomic mass is 16.5. The molecule has 0 bridgehead atoms. The van der Waals surface area contributed by atoms with E-state index in [2.05, 4.69) is 19.2 Å². The number of methoxy groups -OCH3 is 1. The van der Waals surface area contributed by atoms with Gasteiger partial charge in [0, 0.05) is 7.11 Å². The standard InChI is InChI=1S/C9H21NO2/c1-5-10-9(6-11,7-12-4)8(2)3/h8,10-11H,5-7H2,1-4H3. The summed E-state index contributed by atoms with van der Waals surface area (Å²) in [7, 11) is 1.66. The molecule has 0 aromatic carbocycles. The van der Waals surface area contributed by atoms with Gasteiger partial charge < -0.3 is 15.2 Å². The lowest BCUT2D eigenvalue weighted by Crippen LogP contribution is -2.56. The van der Waals surface area contributed by atoms with Crippen molar-refractivity contribution in [2.45, 2.75) is 26.3 Å². The maximum atomic E-state index is 9.27. The maximum Gasteiger partial charge on any atom is 0.0673 e. The highest BCUT2D eigenvalue weighted by Crippen LogP contribution is 2.16. The fourth-order valence-corrected chi connectivity index (χ4v) is 1.32. The summed E-state index contributed by atoms with van der Waals surface area (Å²) in [6, 6.07) is 0. The van der Waals surface area contributed by atoms with E-state index in [0.717, 1.165) is 6.54 Å². The Kier molecular flexibility index (Phi) is 5.46. The smallest absolute Gasteiger partial charge is 0.0673 e. The molecule has 0 aliphatic rings. The third kappa shape index (κ3) is 2.73. The number of nitrogens with one attached hydrogen (secondary N) is 1. The van der Waals surface area contributed by atoms with Gasteiger partial charge in [0.25, 0.3) is 0 Å². The van der Waals surface area contributed by atoms with Gasteiger partial charge in [-0.1, -0.05) is 20.8 Å². The van der Waals surface area contributed by atoms with Gasteiger partial charge in [-0.2, -0.15) is 0 Å². The van der Waals surface area contributed by atoms with Crippen LogP contribution in [0.15, 0.2) is 0 Å². The summed E-state index contributed by atoms with van der Waals surface area (Å²) in [6.45, 7) is 7.71. The van der Waals surface area contributed by atoms with Crippen molar-refractivity contribution in [2.75, 3.05) is 26.9 Å². The Bertz CT molecular complexity index is 109. The first-order valence-electron chi connectivity index (χ1n) is 4.47. The highest BCUT2D eigenvalue weighted by molar-refractivity contribution is 4.89. The molecule has 0 rings (SSSR count). The van der Waals surface area contributed by atoms with Crippen molar-refractivity contribution >= 4 is 0 Å². The minimum absolute atomic E-state index is 0.117. The molecular formula is C9H21NO2. The summed E-state index contributed by atoms with van der Waals surface area (Å²) in [4.78, 5) is 0. The van der Waals surface area contributed by atoms with Crippen LogP contribution in [0.3, 0.4) is 0 Å². The van der Waals surface area contributed by atoms with Crippen LogP contribution in [0.2, 0.25) is 0 Å². The van der Waals surface area contributed by atoms with Crippen molar-refractivity contribution in [1.82, 2.24) is 5.32 Å². The summed E-state index contributed by atoms with van der Waals surface area (Å²) in [6.07, 6.45) is 0. The normalized spacial score (nSPS) is 16.5. The average Bonchev–Trinajstić information content (AvgIpc) is 2.03. The van der Waals surface area contributed by atoms with Crippen LogP contribution in [0, 0.1) is 5.92 Å². The molecule has 0 fully saturated rings. The second kappa shape index (κ2) is 5.51. The summed E-state index contributed by atoms with van der Waals surface area (Å²) in [5.74, 6) is 0.363. The molecule has 1 unspecified atom stereocenters. The molecule has 0 aliphatic carbocycles. The molecule has 0 saturated heterocycles. The number of hydrogen-bond acceptors (Lipinski definition) is 3. The zero-order valence-electron chi connectivity index (χ0n) is 8.55. The molecule has 0 heterocycles. The van der Waals surface area contributed by atoms with Crippen LogP contribution in [0.25, 0.3) is 0 Å². The zero-order valence-corrected chi connectivity index (χ0v) is 8.55. The zero-order chi connectivity index (χ0) is 9.61. The van der Waals surface area contributed by atoms with Gasteiger partial charge in [0.05, 0.1) is 18.8 Å². The fraction of sp³-hybridized carbons (Fsp3) is 1.00. The number of hydrogen-bond donors (Lipinski definition) is 2. The predicted molar refractivity (Wildman–Crippen MR) is 50.2 cm³/mol. The molecule has 12 heavy (non-hydrogen) atoms. The minimum Gasteiger partial charge on any atom is -0.394 e. The average molecular weight is 175 g/mol. The van der Waals surface area contributed by atoms with Gasteiger partial charge in [0.2, 0.25) is 0 Å². The first-order chi connectivity index (χ1) is 5.63. The largest absolute Gasteiger partial charge is 0.394 e. The summed E-state index contributed by atoms with van der Waals surface area (Å²) < 4.78 is 5.09. The molecule has 3 nitrogen and oxygen atoms in total. The van der Waals surface area contributed by atoms with Crippen LogP contribution in [0.5, 0.6) is 0 Å². The Morgan fingerprint density at radius 1 is 1.50 bits per heavy atom. The van der Waals surface area contributed by atoms with Crippen molar-refractivity contribution in [3.8, 4) is 0 Å². The second-order valence-corrected chi connectivity index (χ2v) is 3.43. The fourth-order valence-electron chi connectivity index (χ4n) is 1.32. The number of likely N-dealkylation sites (N-methyl/N-ethyl adjacent to an activating group) is 1. The SMILES string of the molecule is CCNC(CO)(COC)C(C)C. The molecular weight excluding hydrogens is 154 g/mol. The van der Waals surface area contributed by atoms with Crippen molar-refractivity contribution < 1.29 is 9.84 Å². The molecule has 0 spiro atoms. The van der Waals surface area contributed by atoms with Gasteiger partial charge in [-0.05, 0) is 12.5 Å². The number of ether oxygens (including phenoxy) is 1. The van der Waals surface area contributed by atoms with Crippen LogP contribution >= 0.6 is 0 Å². The van der Waals surface area contributed by atoms with Crippen molar-refractivity contribution in [1.29, 1.82) is 0 Å². The van der Waals surface area contributed by atoms with Crippen molar-refractivity contribution in [2.24, 2.45) is 5.92 Å². The van der Waals surface area contributed by atoms with Crippen LogP contribution in [0.1, 0.15) is 20.8 Å². The lowest BCUT2D eigenvalue weighted by molar-refractivity contribution is 0.0344. The summed E-state index contributed by atoms with van der Waals surface area (Å²) in [5, 5.41) is 12.5. The van der Waals surface area contributed by atoms with E-state index in [1.165, 1.54) is 0 Å². The van der Waals surface area contributed by atoms with E-state index in [1.807, 2.05) is 6.92 Å². The van der Waals surface area contributed by atoms with Crippen molar-refractivity contribution in [3.63, 3.8) is 0 Å². The van der Waals surface area contributed by atoms with E-state index < -0.39 is 0 Å².